The van der Waals surface area contributed by atoms with Crippen LogP contribution in [0.1, 0.15) is 42.7 Å². The quantitative estimate of drug-likeness (QED) is 0.867. The summed E-state index contributed by atoms with van der Waals surface area (Å²) in [6.45, 7) is 5.04. The van der Waals surface area contributed by atoms with Crippen LogP contribution in [0.5, 0.6) is 0 Å². The Morgan fingerprint density at radius 1 is 1.38 bits per heavy atom. The Morgan fingerprint density at radius 3 is 2.71 bits per heavy atom. The van der Waals surface area contributed by atoms with E-state index in [1.54, 1.807) is 12.1 Å². The van der Waals surface area contributed by atoms with Crippen molar-refractivity contribution < 1.29 is 14.7 Å². The number of piperidine rings is 1. The van der Waals surface area contributed by atoms with Crippen LogP contribution in [0.3, 0.4) is 0 Å². The second kappa shape index (κ2) is 6.52. The first-order valence-corrected chi connectivity index (χ1v) is 7.15. The second-order valence-electron chi connectivity index (χ2n) is 5.63. The molecule has 21 heavy (non-hydrogen) atoms. The van der Waals surface area contributed by atoms with E-state index in [2.05, 4.69) is 18.8 Å². The van der Waals surface area contributed by atoms with Gasteiger partial charge in [0, 0.05) is 24.9 Å². The summed E-state index contributed by atoms with van der Waals surface area (Å²) in [6.07, 6.45) is 6.06. The Balaban J connectivity index is 2.08. The van der Waals surface area contributed by atoms with Gasteiger partial charge >= 0.3 is 5.97 Å². The Bertz CT molecular complexity index is 551. The van der Waals surface area contributed by atoms with E-state index in [0.717, 1.165) is 25.5 Å². The highest BCUT2D eigenvalue weighted by atomic mass is 16.4. The van der Waals surface area contributed by atoms with Gasteiger partial charge in [0.15, 0.2) is 0 Å². The van der Waals surface area contributed by atoms with Crippen molar-refractivity contribution in [2.45, 2.75) is 32.7 Å². The van der Waals surface area contributed by atoms with Crippen LogP contribution in [0.4, 0.5) is 0 Å². The minimum Gasteiger partial charge on any atom is -0.478 e. The molecule has 0 radical (unpaired) electrons. The number of amides is 1. The van der Waals surface area contributed by atoms with Gasteiger partial charge in [0.1, 0.15) is 5.69 Å². The molecule has 1 aliphatic heterocycles. The third-order valence-electron chi connectivity index (χ3n) is 3.82. The van der Waals surface area contributed by atoms with Crippen LogP contribution in [-0.2, 0) is 4.79 Å². The van der Waals surface area contributed by atoms with Crippen molar-refractivity contribution in [1.29, 1.82) is 0 Å². The van der Waals surface area contributed by atoms with Gasteiger partial charge in [-0.2, -0.15) is 0 Å². The molecule has 0 spiro atoms. The number of likely N-dealkylation sites (tertiary alicyclic amines) is 1. The lowest BCUT2D eigenvalue weighted by Crippen LogP contribution is -2.44. The molecule has 1 fully saturated rings. The molecule has 5 heteroatoms. The maximum atomic E-state index is 12.4. The van der Waals surface area contributed by atoms with Crippen molar-refractivity contribution in [1.82, 2.24) is 9.88 Å². The van der Waals surface area contributed by atoms with Crippen molar-refractivity contribution in [2.24, 2.45) is 5.92 Å². The van der Waals surface area contributed by atoms with Crippen molar-refractivity contribution in [2.75, 3.05) is 6.54 Å². The Labute approximate surface area is 124 Å². The topological polar surface area (TPSA) is 70.5 Å². The first-order chi connectivity index (χ1) is 9.97. The first kappa shape index (κ1) is 15.2. The van der Waals surface area contributed by atoms with Gasteiger partial charge in [0.05, 0.1) is 0 Å². The average Bonchev–Trinajstić information content (AvgIpc) is 2.45. The molecule has 112 valence electrons. The van der Waals surface area contributed by atoms with Crippen molar-refractivity contribution >= 4 is 18.0 Å². The van der Waals surface area contributed by atoms with Gasteiger partial charge in [0.2, 0.25) is 0 Å². The molecule has 1 aliphatic rings. The lowest BCUT2D eigenvalue weighted by Gasteiger charge is -2.36. The van der Waals surface area contributed by atoms with E-state index >= 15 is 0 Å². The van der Waals surface area contributed by atoms with E-state index < -0.39 is 5.97 Å². The fourth-order valence-corrected chi connectivity index (χ4v) is 2.65. The van der Waals surface area contributed by atoms with E-state index in [0.29, 0.717) is 17.2 Å². The summed E-state index contributed by atoms with van der Waals surface area (Å²) in [5.41, 5.74) is 1.07. The molecule has 1 N–H and O–H groups in total. The van der Waals surface area contributed by atoms with Gasteiger partial charge in [0.25, 0.3) is 5.91 Å². The fourth-order valence-electron chi connectivity index (χ4n) is 2.65. The lowest BCUT2D eigenvalue weighted by atomic mass is 9.93. The third kappa shape index (κ3) is 3.90. The standard InChI is InChI=1S/C16H20N2O3/c1-11-7-8-18(12(2)9-11)16(21)14-5-3-13(10-17-14)4-6-15(19)20/h3-6,10-12H,7-9H2,1-2H3,(H,19,20). The number of nitrogens with zero attached hydrogens (tertiary/aromatic N) is 2. The number of rotatable bonds is 3. The van der Waals surface area contributed by atoms with E-state index in [-0.39, 0.29) is 11.9 Å². The predicted molar refractivity (Wildman–Crippen MR) is 79.8 cm³/mol. The number of aromatic nitrogens is 1. The molecule has 0 saturated carbocycles. The number of carbonyl (C=O) groups is 2. The number of carboxylic acid groups (broad SMARTS) is 1. The summed E-state index contributed by atoms with van der Waals surface area (Å²) in [4.78, 5) is 28.9. The normalized spacial score (nSPS) is 22.5. The van der Waals surface area contributed by atoms with Gasteiger partial charge in [-0.3, -0.25) is 9.78 Å². The zero-order chi connectivity index (χ0) is 15.4. The highest BCUT2D eigenvalue weighted by Gasteiger charge is 2.27. The molecule has 1 amide bonds. The van der Waals surface area contributed by atoms with E-state index in [1.165, 1.54) is 12.3 Å². The SMILES string of the molecule is CC1CCN(C(=O)c2ccc(C=CC(=O)O)cn2)C(C)C1. The Kier molecular flexibility index (Phi) is 4.73. The smallest absolute Gasteiger partial charge is 0.328 e. The summed E-state index contributed by atoms with van der Waals surface area (Å²) in [7, 11) is 0. The lowest BCUT2D eigenvalue weighted by molar-refractivity contribution is -0.131. The number of pyridine rings is 1. The highest BCUT2D eigenvalue weighted by molar-refractivity contribution is 5.92. The monoisotopic (exact) mass is 288 g/mol. The highest BCUT2D eigenvalue weighted by Crippen LogP contribution is 2.23. The van der Waals surface area contributed by atoms with E-state index in [9.17, 15) is 9.59 Å². The summed E-state index contributed by atoms with van der Waals surface area (Å²) in [5, 5.41) is 8.57. The molecule has 0 aliphatic carbocycles. The molecule has 2 heterocycles. The second-order valence-corrected chi connectivity index (χ2v) is 5.63. The van der Waals surface area contributed by atoms with E-state index in [4.69, 9.17) is 5.11 Å². The largest absolute Gasteiger partial charge is 0.478 e. The van der Waals surface area contributed by atoms with Crippen molar-refractivity contribution in [3.05, 3.63) is 35.7 Å². The number of hydrogen-bond donors (Lipinski definition) is 1. The van der Waals surface area contributed by atoms with Crippen LogP contribution in [0.2, 0.25) is 0 Å². The average molecular weight is 288 g/mol. The molecule has 2 unspecified atom stereocenters. The molecule has 2 rings (SSSR count). The summed E-state index contributed by atoms with van der Waals surface area (Å²) in [6, 6.07) is 3.58. The molecule has 1 aromatic heterocycles. The van der Waals surface area contributed by atoms with E-state index in [1.807, 2.05) is 4.90 Å². The van der Waals surface area contributed by atoms with Gasteiger partial charge in [-0.1, -0.05) is 13.0 Å². The van der Waals surface area contributed by atoms with Crippen LogP contribution >= 0.6 is 0 Å². The molecule has 5 nitrogen and oxygen atoms in total. The van der Waals surface area contributed by atoms with Gasteiger partial charge in [-0.05, 0) is 43.4 Å². The predicted octanol–water partition coefficient (Wildman–Crippen LogP) is 2.44. The number of hydrogen-bond acceptors (Lipinski definition) is 3. The molecule has 1 aromatic rings. The fraction of sp³-hybridized carbons (Fsp3) is 0.438. The number of carbonyl (C=O) groups excluding carboxylic acids is 1. The summed E-state index contributed by atoms with van der Waals surface area (Å²) >= 11 is 0. The molecule has 0 aromatic carbocycles. The minimum absolute atomic E-state index is 0.0526. The van der Waals surface area contributed by atoms with Crippen molar-refractivity contribution in [3.8, 4) is 0 Å². The summed E-state index contributed by atoms with van der Waals surface area (Å²) in [5.74, 6) is -0.407. The molecular weight excluding hydrogens is 268 g/mol. The van der Waals surface area contributed by atoms with Gasteiger partial charge in [-0.25, -0.2) is 4.79 Å². The molecule has 2 atom stereocenters. The number of aliphatic carboxylic acids is 1. The van der Waals surface area contributed by atoms with Crippen LogP contribution in [0, 0.1) is 5.92 Å². The summed E-state index contributed by atoms with van der Waals surface area (Å²) < 4.78 is 0. The maximum Gasteiger partial charge on any atom is 0.328 e. The molecule has 1 saturated heterocycles. The molecular formula is C16H20N2O3. The van der Waals surface area contributed by atoms with Gasteiger partial charge < -0.3 is 10.0 Å². The zero-order valence-corrected chi connectivity index (χ0v) is 12.3. The van der Waals surface area contributed by atoms with Crippen LogP contribution in [0.15, 0.2) is 24.4 Å². The van der Waals surface area contributed by atoms with Crippen molar-refractivity contribution in [3.63, 3.8) is 0 Å². The number of carboxylic acids is 1. The van der Waals surface area contributed by atoms with Crippen LogP contribution in [-0.4, -0.2) is 39.5 Å². The third-order valence-corrected chi connectivity index (χ3v) is 3.82. The Morgan fingerprint density at radius 2 is 2.14 bits per heavy atom. The Hall–Kier alpha value is -2.17. The zero-order valence-electron chi connectivity index (χ0n) is 12.3. The minimum atomic E-state index is -1.01. The van der Waals surface area contributed by atoms with Crippen LogP contribution < -0.4 is 0 Å². The molecule has 0 bridgehead atoms. The van der Waals surface area contributed by atoms with Crippen LogP contribution in [0.25, 0.3) is 6.08 Å². The van der Waals surface area contributed by atoms with Gasteiger partial charge in [-0.15, -0.1) is 0 Å². The first-order valence-electron chi connectivity index (χ1n) is 7.15. The maximum absolute atomic E-state index is 12.4.